The van der Waals surface area contributed by atoms with Crippen LogP contribution in [0.2, 0.25) is 20.1 Å². The number of fused-ring (bicyclic) bond motifs is 4. The van der Waals surface area contributed by atoms with Crippen molar-refractivity contribution in [2.24, 2.45) is 23.7 Å². The van der Waals surface area contributed by atoms with Gasteiger partial charge >= 0.3 is 11.9 Å². The number of aliphatic hydroxyl groups is 2. The molecule has 8 saturated carbocycles. The number of aromatic nitrogens is 2. The normalized spacial score (nSPS) is 27.8. The summed E-state index contributed by atoms with van der Waals surface area (Å²) in [5, 5.41) is 44.3. The third-order valence-electron chi connectivity index (χ3n) is 18.9. The van der Waals surface area contributed by atoms with E-state index in [1.165, 1.54) is 31.4 Å². The molecule has 4 unspecified atom stereocenters. The number of hydrogen-bond donors (Lipinski definition) is 3. The van der Waals surface area contributed by atoms with Crippen LogP contribution in [0.3, 0.4) is 0 Å². The van der Waals surface area contributed by atoms with Crippen molar-refractivity contribution in [3.8, 4) is 34.0 Å². The van der Waals surface area contributed by atoms with Gasteiger partial charge in [-0.05, 0) is 160 Å². The van der Waals surface area contributed by atoms with Crippen LogP contribution >= 0.6 is 46.4 Å². The number of benzene rings is 4. The maximum Gasteiger partial charge on any atom is 0.350 e. The van der Waals surface area contributed by atoms with E-state index >= 15 is 0 Å². The number of carbonyl (C=O) groups is 2. The van der Waals surface area contributed by atoms with Gasteiger partial charge in [0.15, 0.2) is 0 Å². The van der Waals surface area contributed by atoms with Crippen molar-refractivity contribution in [1.82, 2.24) is 10.3 Å². The Morgan fingerprint density at radius 2 is 0.952 bits per heavy atom. The monoisotopic (exact) mass is 1220 g/mol. The second-order valence-electron chi connectivity index (χ2n) is 24.2. The number of methoxy groups -OCH3 is 1. The van der Waals surface area contributed by atoms with Crippen molar-refractivity contribution < 1.29 is 66.4 Å². The van der Waals surface area contributed by atoms with Crippen molar-refractivity contribution in [3.63, 3.8) is 0 Å². The van der Waals surface area contributed by atoms with Gasteiger partial charge in [-0.2, -0.15) is 0 Å². The number of carbonyl (C=O) groups excluding carboxylic acids is 1. The van der Waals surface area contributed by atoms with Gasteiger partial charge in [-0.1, -0.05) is 68.8 Å². The molecule has 8 aliphatic carbocycles. The number of carboxylic acid groups (broad SMARTS) is 1. The second kappa shape index (κ2) is 21.9. The van der Waals surface area contributed by atoms with E-state index in [9.17, 15) is 33.7 Å². The lowest BCUT2D eigenvalue weighted by molar-refractivity contribution is -0.151. The van der Waals surface area contributed by atoms with Crippen LogP contribution in [0.25, 0.3) is 22.5 Å². The zero-order chi connectivity index (χ0) is 57.7. The molecule has 2 aromatic heterocycles. The number of carboxylic acids is 1. The fraction of sp³-hybridized carbons (Fsp3) is 0.492. The molecular weight excluding hydrogens is 1160 g/mol. The first-order valence-electron chi connectivity index (χ1n) is 28.7. The number of aliphatic carboxylic acids is 1. The first-order chi connectivity index (χ1) is 39.9. The molecule has 8 aliphatic rings. The molecule has 14 nitrogen and oxygen atoms in total. The van der Waals surface area contributed by atoms with Crippen LogP contribution in [0.15, 0.2) is 81.8 Å². The third-order valence-corrected chi connectivity index (χ3v) is 20.2. The molecule has 4 bridgehead atoms. The molecule has 0 amide bonds. The molecule has 14 rings (SSSR count). The van der Waals surface area contributed by atoms with Crippen LogP contribution in [0.1, 0.15) is 148 Å². The Morgan fingerprint density at radius 1 is 0.578 bits per heavy atom. The number of hydrogen-bond acceptors (Lipinski definition) is 13. The number of halogens is 6. The Balaban J connectivity index is 0.000000155. The van der Waals surface area contributed by atoms with Gasteiger partial charge in [0.2, 0.25) is 11.2 Å². The lowest BCUT2D eigenvalue weighted by atomic mass is 9.69. The minimum Gasteiger partial charge on any atom is -0.478 e. The van der Waals surface area contributed by atoms with Crippen LogP contribution in [0.5, 0.6) is 11.5 Å². The minimum atomic E-state index is -1.30. The fourth-order valence-electron chi connectivity index (χ4n) is 14.0. The third kappa shape index (κ3) is 10.6. The molecule has 0 aliphatic heterocycles. The summed E-state index contributed by atoms with van der Waals surface area (Å²) in [7, 11) is 1.31. The highest BCUT2D eigenvalue weighted by atomic mass is 35.5. The SMILES string of the molecule is COC(=O)C1(Oc2cc(F)cc(C3(O)[C@@H]4CC[C@H]3CC(OCc3c(-c5c(Cl)cccc5Cl)noc3C3CC3)C4)c2)CC1.O=C(O)C1(Oc2cc(F)cc(C3(O)[C@@H]4CC[C@H]3CC(OCc3c(-c5c(Cl)cccc5Cl)noc3C3CC3)C4)c2)CC1. The molecule has 20 heteroatoms. The first-order valence-corrected chi connectivity index (χ1v) is 30.3. The summed E-state index contributed by atoms with van der Waals surface area (Å²) in [6.07, 6.45) is 11.3. The van der Waals surface area contributed by atoms with Crippen LogP contribution in [0, 0.1) is 35.3 Å². The number of nitrogens with zero attached hydrogens (tertiary/aromatic N) is 2. The molecule has 6 aromatic rings. The molecule has 0 spiro atoms. The van der Waals surface area contributed by atoms with Gasteiger partial charge in [-0.3, -0.25) is 0 Å². The maximum absolute atomic E-state index is 14.8. The number of esters is 1. The highest BCUT2D eigenvalue weighted by Gasteiger charge is 2.58. The molecule has 438 valence electrons. The molecule has 0 radical (unpaired) electrons. The van der Waals surface area contributed by atoms with Crippen LogP contribution in [-0.4, -0.2) is 68.1 Å². The van der Waals surface area contributed by atoms with Gasteiger partial charge in [-0.25, -0.2) is 18.4 Å². The lowest BCUT2D eigenvalue weighted by Gasteiger charge is -2.43. The van der Waals surface area contributed by atoms with Gasteiger partial charge in [0.05, 0.1) is 63.8 Å². The van der Waals surface area contributed by atoms with Crippen LogP contribution < -0.4 is 9.47 Å². The Hall–Kier alpha value is -5.30. The zero-order valence-electron chi connectivity index (χ0n) is 45.5. The van der Waals surface area contributed by atoms with E-state index < -0.39 is 46.0 Å². The van der Waals surface area contributed by atoms with Crippen LogP contribution in [0.4, 0.5) is 8.78 Å². The summed E-state index contributed by atoms with van der Waals surface area (Å²) < 4.78 is 70.6. The fourth-order valence-corrected chi connectivity index (χ4v) is 15.1. The van der Waals surface area contributed by atoms with Crippen molar-refractivity contribution in [1.29, 1.82) is 0 Å². The van der Waals surface area contributed by atoms with E-state index in [-0.39, 0.29) is 54.0 Å². The highest BCUT2D eigenvalue weighted by molar-refractivity contribution is 6.39. The van der Waals surface area contributed by atoms with Gasteiger partial charge in [0.25, 0.3) is 0 Å². The summed E-state index contributed by atoms with van der Waals surface area (Å²) >= 11 is 26.0. The van der Waals surface area contributed by atoms with E-state index in [0.29, 0.717) is 124 Å². The summed E-state index contributed by atoms with van der Waals surface area (Å²) in [6.45, 7) is 0.576. The van der Waals surface area contributed by atoms with E-state index in [2.05, 4.69) is 10.3 Å². The molecule has 0 saturated heterocycles. The van der Waals surface area contributed by atoms with E-state index in [1.807, 2.05) is 0 Å². The Labute approximate surface area is 497 Å². The Morgan fingerprint density at radius 3 is 1.29 bits per heavy atom. The minimum absolute atomic E-state index is 0.0994. The number of rotatable bonds is 18. The molecule has 8 atom stereocenters. The zero-order valence-corrected chi connectivity index (χ0v) is 48.5. The molecule has 4 aromatic carbocycles. The quantitative estimate of drug-likeness (QED) is 0.0688. The van der Waals surface area contributed by atoms with Crippen molar-refractivity contribution >= 4 is 58.3 Å². The number of ether oxygens (including phenoxy) is 5. The molecule has 8 fully saturated rings. The van der Waals surface area contributed by atoms with Crippen molar-refractivity contribution in [2.45, 2.75) is 162 Å². The molecule has 2 heterocycles. The van der Waals surface area contributed by atoms with E-state index in [4.69, 9.17) is 79.1 Å². The largest absolute Gasteiger partial charge is 0.478 e. The summed E-state index contributed by atoms with van der Waals surface area (Å²) in [6, 6.07) is 19.1. The summed E-state index contributed by atoms with van der Waals surface area (Å²) in [5.41, 5.74) is 0.285. The van der Waals surface area contributed by atoms with Gasteiger partial charge < -0.3 is 48.1 Å². The predicted molar refractivity (Wildman–Crippen MR) is 301 cm³/mol. The molecule has 3 N–H and O–H groups in total. The molecule has 83 heavy (non-hydrogen) atoms. The van der Waals surface area contributed by atoms with Crippen molar-refractivity contribution in [2.75, 3.05) is 7.11 Å². The van der Waals surface area contributed by atoms with Crippen LogP contribution in [-0.2, 0) is 48.2 Å². The topological polar surface area (TPSA) is 193 Å². The lowest BCUT2D eigenvalue weighted by Crippen LogP contribution is -2.44. The Bertz CT molecular complexity index is 3430. The highest BCUT2D eigenvalue weighted by Crippen LogP contribution is 2.59. The first kappa shape index (κ1) is 56.8. The average molecular weight is 1220 g/mol. The summed E-state index contributed by atoms with van der Waals surface area (Å²) in [5.74, 6) is -0.490. The standard InChI is InChI=1S/C32H32Cl2FNO6.C31H30Cl2FNO6/c1-39-30(37)31(9-10-31)41-23-14-20(11-21(35)15-23)32(38)18-7-8-19(32)13-22(12-18)40-16-24-28(36-42-29(24)17-5-6-17)27-25(33)3-2-4-26(27)34;32-24-2-1-3-25(33)26(24)27-23(28(41-35-27)16-4-5-16)15-39-21-11-17-6-7-18(12-21)31(17,38)19-10-20(34)14-22(13-19)40-30(8-9-30)29(36)37/h2-4,11,14-15,17-19,22,38H,5-10,12-13,16H2,1H3;1-3,10,13-14,16-18,21,38H,4-9,11-12,15H2,(H,36,37)/t18-,19+,22?,32?;17-,18+,21?,31?. The second-order valence-corrected chi connectivity index (χ2v) is 25.9. The van der Waals surface area contributed by atoms with E-state index in [0.717, 1.165) is 74.0 Å². The van der Waals surface area contributed by atoms with Gasteiger partial charge in [0.1, 0.15) is 46.0 Å². The summed E-state index contributed by atoms with van der Waals surface area (Å²) in [4.78, 5) is 23.8. The molecular formula is C63H62Cl4F2N2O12. The van der Waals surface area contributed by atoms with Gasteiger partial charge in [0, 0.05) is 71.9 Å². The maximum atomic E-state index is 14.8. The van der Waals surface area contributed by atoms with Crippen molar-refractivity contribution in [3.05, 3.63) is 138 Å². The predicted octanol–water partition coefficient (Wildman–Crippen LogP) is 14.6. The van der Waals surface area contributed by atoms with E-state index in [1.54, 1.807) is 48.5 Å². The Kier molecular flexibility index (Phi) is 15.0. The van der Waals surface area contributed by atoms with Gasteiger partial charge in [-0.15, -0.1) is 0 Å². The smallest absolute Gasteiger partial charge is 0.350 e. The average Bonchev–Trinajstić information content (AvgIpc) is 3.74.